The highest BCUT2D eigenvalue weighted by atomic mass is 16.6. The van der Waals surface area contributed by atoms with Crippen LogP contribution < -0.4 is 5.32 Å². The second-order valence-corrected chi connectivity index (χ2v) is 7.19. The average Bonchev–Trinajstić information content (AvgIpc) is 2.78. The number of carbonyl (C=O) groups excluding carboxylic acids is 1. The molecular weight excluding hydrogens is 382 g/mol. The lowest BCUT2D eigenvalue weighted by Gasteiger charge is -2.37. The number of nitro groups is 1. The van der Waals surface area contributed by atoms with Gasteiger partial charge in [0.05, 0.1) is 11.0 Å². The molecule has 8 nitrogen and oxygen atoms in total. The highest BCUT2D eigenvalue weighted by Crippen LogP contribution is 2.21. The third-order valence-electron chi connectivity index (χ3n) is 5.24. The van der Waals surface area contributed by atoms with Crippen molar-refractivity contribution >= 4 is 17.3 Å². The standard InChI is InChI=1S/C22H25N5O3/c23-17-21(18-5-2-1-3-6-18)25-13-15-26(16-14-25)22(28)7-4-12-24-19-8-10-20(11-9-19)27(29)30/h1-3,5-6,8-11,21,24H,4,7,12-16H2. The van der Waals surface area contributed by atoms with E-state index in [0.717, 1.165) is 11.3 Å². The number of anilines is 1. The monoisotopic (exact) mass is 407 g/mol. The van der Waals surface area contributed by atoms with Gasteiger partial charge in [-0.25, -0.2) is 0 Å². The Labute approximate surface area is 175 Å². The Morgan fingerprint density at radius 1 is 1.10 bits per heavy atom. The summed E-state index contributed by atoms with van der Waals surface area (Å²) >= 11 is 0. The zero-order valence-electron chi connectivity index (χ0n) is 16.7. The summed E-state index contributed by atoms with van der Waals surface area (Å²) in [6.07, 6.45) is 1.13. The molecule has 1 N–H and O–H groups in total. The summed E-state index contributed by atoms with van der Waals surface area (Å²) in [7, 11) is 0. The zero-order chi connectivity index (χ0) is 21.3. The van der Waals surface area contributed by atoms with Gasteiger partial charge in [0.1, 0.15) is 6.04 Å². The number of carbonyl (C=O) groups is 1. The zero-order valence-corrected chi connectivity index (χ0v) is 16.7. The van der Waals surface area contributed by atoms with E-state index in [1.807, 2.05) is 35.2 Å². The fourth-order valence-electron chi connectivity index (χ4n) is 3.56. The van der Waals surface area contributed by atoms with E-state index >= 15 is 0 Å². The third-order valence-corrected chi connectivity index (χ3v) is 5.24. The first-order valence-corrected chi connectivity index (χ1v) is 10.0. The molecule has 2 aromatic rings. The summed E-state index contributed by atoms with van der Waals surface area (Å²) in [6.45, 7) is 3.23. The molecule has 1 atom stereocenters. The topological polar surface area (TPSA) is 103 Å². The van der Waals surface area contributed by atoms with Crippen molar-refractivity contribution in [1.29, 1.82) is 5.26 Å². The van der Waals surface area contributed by atoms with Gasteiger partial charge in [-0.15, -0.1) is 0 Å². The summed E-state index contributed by atoms with van der Waals surface area (Å²) in [6, 6.07) is 18.1. The van der Waals surface area contributed by atoms with Crippen LogP contribution in [0.5, 0.6) is 0 Å². The van der Waals surface area contributed by atoms with Crippen molar-refractivity contribution in [3.63, 3.8) is 0 Å². The van der Waals surface area contributed by atoms with Crippen LogP contribution in [-0.2, 0) is 4.79 Å². The van der Waals surface area contributed by atoms with Gasteiger partial charge in [-0.3, -0.25) is 19.8 Å². The molecule has 0 bridgehead atoms. The van der Waals surface area contributed by atoms with E-state index in [0.29, 0.717) is 45.6 Å². The minimum atomic E-state index is -0.430. The van der Waals surface area contributed by atoms with Crippen molar-refractivity contribution in [2.45, 2.75) is 18.9 Å². The Hall–Kier alpha value is -3.44. The molecule has 1 aliphatic rings. The molecule has 0 aliphatic carbocycles. The SMILES string of the molecule is N#CC(c1ccccc1)N1CCN(C(=O)CCCNc2ccc([N+](=O)[O-])cc2)CC1. The number of hydrogen-bond acceptors (Lipinski definition) is 6. The van der Waals surface area contributed by atoms with E-state index in [2.05, 4.69) is 16.3 Å². The van der Waals surface area contributed by atoms with Crippen LogP contribution in [0, 0.1) is 21.4 Å². The number of rotatable bonds is 8. The largest absolute Gasteiger partial charge is 0.385 e. The van der Waals surface area contributed by atoms with Gasteiger partial charge in [0, 0.05) is 57.0 Å². The van der Waals surface area contributed by atoms with E-state index in [4.69, 9.17) is 0 Å². The van der Waals surface area contributed by atoms with Gasteiger partial charge in [0.15, 0.2) is 0 Å². The first-order valence-electron chi connectivity index (χ1n) is 10.0. The van der Waals surface area contributed by atoms with Gasteiger partial charge < -0.3 is 10.2 Å². The number of hydrogen-bond donors (Lipinski definition) is 1. The summed E-state index contributed by atoms with van der Waals surface area (Å²) in [4.78, 5) is 26.7. The van der Waals surface area contributed by atoms with E-state index < -0.39 is 4.92 Å². The predicted molar refractivity (Wildman–Crippen MR) is 114 cm³/mol. The van der Waals surface area contributed by atoms with Crippen molar-refractivity contribution in [2.24, 2.45) is 0 Å². The Morgan fingerprint density at radius 2 is 1.77 bits per heavy atom. The molecule has 1 heterocycles. The summed E-state index contributed by atoms with van der Waals surface area (Å²) < 4.78 is 0. The lowest BCUT2D eigenvalue weighted by Crippen LogP contribution is -2.49. The maximum Gasteiger partial charge on any atom is 0.269 e. The molecule has 30 heavy (non-hydrogen) atoms. The minimum absolute atomic E-state index is 0.0563. The molecule has 0 saturated carbocycles. The smallest absolute Gasteiger partial charge is 0.269 e. The van der Waals surface area contributed by atoms with Gasteiger partial charge in [0.2, 0.25) is 5.91 Å². The Morgan fingerprint density at radius 3 is 2.37 bits per heavy atom. The number of nitro benzene ring substituents is 1. The Balaban J connectivity index is 1.39. The lowest BCUT2D eigenvalue weighted by atomic mass is 10.1. The van der Waals surface area contributed by atoms with Crippen molar-refractivity contribution in [2.75, 3.05) is 38.0 Å². The van der Waals surface area contributed by atoms with Gasteiger partial charge >= 0.3 is 0 Å². The minimum Gasteiger partial charge on any atom is -0.385 e. The van der Waals surface area contributed by atoms with Crippen LogP contribution in [0.25, 0.3) is 0 Å². The van der Waals surface area contributed by atoms with Crippen LogP contribution in [0.1, 0.15) is 24.4 Å². The molecule has 1 fully saturated rings. The van der Waals surface area contributed by atoms with Gasteiger partial charge in [0.25, 0.3) is 5.69 Å². The van der Waals surface area contributed by atoms with Crippen molar-refractivity contribution in [3.05, 3.63) is 70.3 Å². The number of nitrogens with one attached hydrogen (secondary N) is 1. The molecule has 3 rings (SSSR count). The highest BCUT2D eigenvalue weighted by Gasteiger charge is 2.26. The molecule has 1 amide bonds. The number of nitriles is 1. The quantitative estimate of drug-likeness (QED) is 0.410. The number of piperazine rings is 1. The molecule has 1 aliphatic heterocycles. The van der Waals surface area contributed by atoms with E-state index in [1.165, 1.54) is 12.1 Å². The van der Waals surface area contributed by atoms with Crippen LogP contribution >= 0.6 is 0 Å². The van der Waals surface area contributed by atoms with Crippen LogP contribution in [-0.4, -0.2) is 53.4 Å². The molecule has 8 heteroatoms. The Bertz CT molecular complexity index is 887. The summed E-state index contributed by atoms with van der Waals surface area (Å²) in [5, 5.41) is 23.4. The second kappa shape index (κ2) is 10.4. The van der Waals surface area contributed by atoms with Crippen LogP contribution in [0.15, 0.2) is 54.6 Å². The van der Waals surface area contributed by atoms with E-state index in [9.17, 15) is 20.2 Å². The number of benzene rings is 2. The number of amides is 1. The highest BCUT2D eigenvalue weighted by molar-refractivity contribution is 5.76. The van der Waals surface area contributed by atoms with Gasteiger partial charge in [-0.1, -0.05) is 30.3 Å². The molecule has 0 spiro atoms. The molecular formula is C22H25N5O3. The molecule has 0 radical (unpaired) electrons. The second-order valence-electron chi connectivity index (χ2n) is 7.19. The number of nitrogens with zero attached hydrogens (tertiary/aromatic N) is 4. The van der Waals surface area contributed by atoms with Crippen molar-refractivity contribution in [3.8, 4) is 6.07 Å². The van der Waals surface area contributed by atoms with E-state index in [-0.39, 0.29) is 17.6 Å². The lowest BCUT2D eigenvalue weighted by molar-refractivity contribution is -0.384. The maximum atomic E-state index is 12.5. The van der Waals surface area contributed by atoms with Crippen LogP contribution in [0.4, 0.5) is 11.4 Å². The van der Waals surface area contributed by atoms with Crippen LogP contribution in [0.3, 0.4) is 0 Å². The summed E-state index contributed by atoms with van der Waals surface area (Å²) in [5.74, 6) is 0.119. The molecule has 1 saturated heterocycles. The normalized spacial score (nSPS) is 15.2. The predicted octanol–water partition coefficient (Wildman–Crippen LogP) is 3.20. The summed E-state index contributed by atoms with van der Waals surface area (Å²) in [5.41, 5.74) is 1.84. The average molecular weight is 407 g/mol. The fraction of sp³-hybridized carbons (Fsp3) is 0.364. The maximum absolute atomic E-state index is 12.5. The number of non-ortho nitro benzene ring substituents is 1. The molecule has 156 valence electrons. The van der Waals surface area contributed by atoms with Gasteiger partial charge in [-0.2, -0.15) is 5.26 Å². The molecule has 2 aromatic carbocycles. The molecule has 1 unspecified atom stereocenters. The van der Waals surface area contributed by atoms with Crippen molar-refractivity contribution in [1.82, 2.24) is 9.80 Å². The van der Waals surface area contributed by atoms with Crippen molar-refractivity contribution < 1.29 is 9.72 Å². The molecule has 0 aromatic heterocycles. The van der Waals surface area contributed by atoms with Crippen LogP contribution in [0.2, 0.25) is 0 Å². The van der Waals surface area contributed by atoms with E-state index in [1.54, 1.807) is 12.1 Å². The van der Waals surface area contributed by atoms with Gasteiger partial charge in [-0.05, 0) is 24.1 Å². The third kappa shape index (κ3) is 5.55. The first kappa shape index (κ1) is 21.3. The Kier molecular flexibility index (Phi) is 7.35. The first-order chi connectivity index (χ1) is 14.6. The fourth-order valence-corrected chi connectivity index (χ4v) is 3.56.